The van der Waals surface area contributed by atoms with Crippen LogP contribution in [-0.2, 0) is 0 Å². The summed E-state index contributed by atoms with van der Waals surface area (Å²) in [5, 5.41) is 0.298. The summed E-state index contributed by atoms with van der Waals surface area (Å²) in [6.07, 6.45) is 1.57. The number of hydrogen-bond acceptors (Lipinski definition) is 2. The molecule has 0 saturated carbocycles. The van der Waals surface area contributed by atoms with Crippen LogP contribution in [0.2, 0.25) is 0 Å². The molecule has 4 heteroatoms. The van der Waals surface area contributed by atoms with E-state index in [9.17, 15) is 9.18 Å². The van der Waals surface area contributed by atoms with Gasteiger partial charge < -0.3 is 9.40 Å². The van der Waals surface area contributed by atoms with Crippen molar-refractivity contribution in [1.29, 1.82) is 0 Å². The zero-order valence-electron chi connectivity index (χ0n) is 7.79. The van der Waals surface area contributed by atoms with Crippen LogP contribution in [0.1, 0.15) is 5.56 Å². The molecule has 76 valence electrons. The first kappa shape index (κ1) is 9.45. The number of rotatable bonds is 1. The second-order valence-electron chi connectivity index (χ2n) is 3.05. The molecule has 0 radical (unpaired) electrons. The maximum absolute atomic E-state index is 12.6. The average Bonchev–Trinajstić information content (AvgIpc) is 2.49. The van der Waals surface area contributed by atoms with Crippen LogP contribution < -0.4 is 16.5 Å². The van der Waals surface area contributed by atoms with Gasteiger partial charge in [-0.05, 0) is 30.4 Å². The fourth-order valence-corrected chi connectivity index (χ4v) is 1.21. The SMILES string of the molecule is C=c1[nH]c(=Cc2ccc(F)cc2)c(=O)o1. The molecule has 0 amide bonds. The van der Waals surface area contributed by atoms with Gasteiger partial charge in [-0.25, -0.2) is 9.18 Å². The summed E-state index contributed by atoms with van der Waals surface area (Å²) >= 11 is 0. The van der Waals surface area contributed by atoms with Gasteiger partial charge in [0.25, 0.3) is 0 Å². The number of oxazole rings is 1. The summed E-state index contributed by atoms with van der Waals surface area (Å²) in [7, 11) is 0. The molecule has 15 heavy (non-hydrogen) atoms. The van der Waals surface area contributed by atoms with E-state index >= 15 is 0 Å². The maximum Gasteiger partial charge on any atom is 0.361 e. The Hall–Kier alpha value is -2.10. The van der Waals surface area contributed by atoms with Crippen LogP contribution in [0.15, 0.2) is 33.5 Å². The number of nitrogens with one attached hydrogen (secondary N) is 1. The summed E-state index contributed by atoms with van der Waals surface area (Å²) in [5.74, 6) is -0.316. The summed E-state index contributed by atoms with van der Waals surface area (Å²) in [4.78, 5) is 13.8. The van der Waals surface area contributed by atoms with Gasteiger partial charge in [-0.3, -0.25) is 0 Å². The molecule has 3 nitrogen and oxygen atoms in total. The van der Waals surface area contributed by atoms with Gasteiger partial charge in [-0.2, -0.15) is 0 Å². The quantitative estimate of drug-likeness (QED) is 0.730. The smallest absolute Gasteiger partial charge is 0.361 e. The highest BCUT2D eigenvalue weighted by atomic mass is 19.1. The lowest BCUT2D eigenvalue weighted by Gasteiger charge is -1.90. The Labute approximate surface area is 84.2 Å². The van der Waals surface area contributed by atoms with Gasteiger partial charge >= 0.3 is 5.63 Å². The summed E-state index contributed by atoms with van der Waals surface area (Å²) < 4.78 is 17.3. The van der Waals surface area contributed by atoms with Crippen molar-refractivity contribution in [2.75, 3.05) is 0 Å². The molecule has 0 unspecified atom stereocenters. The Morgan fingerprint density at radius 3 is 2.53 bits per heavy atom. The zero-order valence-corrected chi connectivity index (χ0v) is 7.79. The van der Waals surface area contributed by atoms with Gasteiger partial charge in [0.05, 0.1) is 0 Å². The van der Waals surface area contributed by atoms with Crippen molar-refractivity contribution in [3.8, 4) is 0 Å². The molecule has 1 N–H and O–H groups in total. The molecule has 2 aromatic rings. The van der Waals surface area contributed by atoms with Crippen molar-refractivity contribution in [2.45, 2.75) is 0 Å². The number of aromatic nitrogens is 1. The molecule has 0 spiro atoms. The number of hydrogen-bond donors (Lipinski definition) is 1. The van der Waals surface area contributed by atoms with Crippen molar-refractivity contribution < 1.29 is 8.81 Å². The molecule has 0 atom stereocenters. The van der Waals surface area contributed by atoms with Crippen molar-refractivity contribution >= 4 is 12.7 Å². The van der Waals surface area contributed by atoms with Gasteiger partial charge in [-0.1, -0.05) is 12.1 Å². The number of H-pyrrole nitrogens is 1. The van der Waals surface area contributed by atoms with Crippen molar-refractivity contribution in [3.05, 3.63) is 57.0 Å². The molecular weight excluding hydrogens is 197 g/mol. The normalized spacial score (nSPS) is 11.9. The highest BCUT2D eigenvalue weighted by Gasteiger charge is 1.95. The van der Waals surface area contributed by atoms with E-state index < -0.39 is 5.63 Å². The Bertz CT molecular complexity index is 622. The lowest BCUT2D eigenvalue weighted by Crippen LogP contribution is -2.20. The summed E-state index contributed by atoms with van der Waals surface area (Å²) in [6.45, 7) is 3.46. The Kier molecular flexibility index (Phi) is 2.25. The Morgan fingerprint density at radius 2 is 2.00 bits per heavy atom. The van der Waals surface area contributed by atoms with Crippen LogP contribution >= 0.6 is 0 Å². The van der Waals surface area contributed by atoms with E-state index in [1.165, 1.54) is 12.1 Å². The average molecular weight is 205 g/mol. The van der Waals surface area contributed by atoms with E-state index in [-0.39, 0.29) is 11.4 Å². The predicted octanol–water partition coefficient (Wildman–Crippen LogP) is 0.346. The van der Waals surface area contributed by atoms with Gasteiger partial charge in [-0.15, -0.1) is 0 Å². The fourth-order valence-electron chi connectivity index (χ4n) is 1.21. The molecule has 1 aromatic heterocycles. The highest BCUT2D eigenvalue weighted by Crippen LogP contribution is 2.02. The van der Waals surface area contributed by atoms with Crippen LogP contribution in [0.3, 0.4) is 0 Å². The van der Waals surface area contributed by atoms with Crippen molar-refractivity contribution in [1.82, 2.24) is 4.98 Å². The van der Waals surface area contributed by atoms with Crippen LogP contribution in [-0.4, -0.2) is 4.98 Å². The lowest BCUT2D eigenvalue weighted by atomic mass is 10.2. The van der Waals surface area contributed by atoms with Gasteiger partial charge in [0.1, 0.15) is 11.2 Å². The number of halogens is 1. The maximum atomic E-state index is 12.6. The van der Waals surface area contributed by atoms with E-state index in [2.05, 4.69) is 16.0 Å². The largest absolute Gasteiger partial charge is 0.405 e. The minimum absolute atomic E-state index is 0.202. The molecule has 1 aromatic carbocycles. The van der Waals surface area contributed by atoms with Crippen molar-refractivity contribution in [2.24, 2.45) is 0 Å². The minimum atomic E-state index is -0.482. The molecule has 2 rings (SSSR count). The van der Waals surface area contributed by atoms with E-state index in [0.717, 1.165) is 0 Å². The number of aromatic amines is 1. The van der Waals surface area contributed by atoms with E-state index in [1.54, 1.807) is 18.2 Å². The first-order valence-electron chi connectivity index (χ1n) is 4.30. The van der Waals surface area contributed by atoms with E-state index in [4.69, 9.17) is 0 Å². The molecular formula is C11H8FNO2. The first-order chi connectivity index (χ1) is 7.15. The summed E-state index contributed by atoms with van der Waals surface area (Å²) in [6, 6.07) is 5.78. The lowest BCUT2D eigenvalue weighted by molar-refractivity contribution is 0.488. The second-order valence-corrected chi connectivity index (χ2v) is 3.05. The minimum Gasteiger partial charge on any atom is -0.405 e. The Balaban J connectivity index is 2.55. The van der Waals surface area contributed by atoms with Crippen LogP contribution in [0, 0.1) is 5.82 Å². The number of benzene rings is 1. The molecule has 0 bridgehead atoms. The molecule has 0 aliphatic rings. The molecule has 1 heterocycles. The monoisotopic (exact) mass is 205 g/mol. The topological polar surface area (TPSA) is 46.0 Å². The molecule has 0 fully saturated rings. The zero-order chi connectivity index (χ0) is 10.8. The third-order valence-electron chi connectivity index (χ3n) is 1.89. The molecule has 0 saturated heterocycles. The third kappa shape index (κ3) is 2.04. The first-order valence-corrected chi connectivity index (χ1v) is 4.30. The van der Waals surface area contributed by atoms with E-state index in [1.807, 2.05) is 0 Å². The van der Waals surface area contributed by atoms with Crippen LogP contribution in [0.5, 0.6) is 0 Å². The molecule has 0 aliphatic carbocycles. The van der Waals surface area contributed by atoms with Gasteiger partial charge in [0.2, 0.25) is 0 Å². The van der Waals surface area contributed by atoms with Gasteiger partial charge in [0.15, 0.2) is 5.55 Å². The fraction of sp³-hybridized carbons (Fsp3) is 0. The van der Waals surface area contributed by atoms with Gasteiger partial charge in [0, 0.05) is 0 Å². The van der Waals surface area contributed by atoms with Crippen LogP contribution in [0.4, 0.5) is 4.39 Å². The van der Waals surface area contributed by atoms with E-state index in [0.29, 0.717) is 10.9 Å². The Morgan fingerprint density at radius 1 is 1.33 bits per heavy atom. The summed E-state index contributed by atoms with van der Waals surface area (Å²) in [5.41, 5.74) is 0.434. The van der Waals surface area contributed by atoms with Crippen LogP contribution in [0.25, 0.3) is 12.7 Å². The molecule has 0 aliphatic heterocycles. The predicted molar refractivity (Wildman–Crippen MR) is 54.1 cm³/mol. The second kappa shape index (κ2) is 3.57. The highest BCUT2D eigenvalue weighted by molar-refractivity contribution is 5.47. The third-order valence-corrected chi connectivity index (χ3v) is 1.89. The standard InChI is InChI=1S/C11H8FNO2/c1-7-13-10(11(14)15-7)6-8-2-4-9(12)5-3-8/h2-6,13H,1H2. The van der Waals surface area contributed by atoms with Crippen molar-refractivity contribution in [3.63, 3.8) is 0 Å².